The highest BCUT2D eigenvalue weighted by atomic mass is 15.2. The molecule has 0 aromatic carbocycles. The predicted molar refractivity (Wildman–Crippen MR) is 48.0 cm³/mol. The third-order valence-electron chi connectivity index (χ3n) is 2.19. The van der Waals surface area contributed by atoms with Gasteiger partial charge in [-0.1, -0.05) is 0 Å². The van der Waals surface area contributed by atoms with E-state index in [0.717, 1.165) is 24.3 Å². The molecule has 70 valence electrons. The van der Waals surface area contributed by atoms with E-state index in [0.29, 0.717) is 11.6 Å². The van der Waals surface area contributed by atoms with Crippen LogP contribution in [0.4, 0.5) is 0 Å². The van der Waals surface area contributed by atoms with Gasteiger partial charge in [0.1, 0.15) is 6.33 Å². The highest BCUT2D eigenvalue weighted by Crippen LogP contribution is 2.15. The second-order valence-electron chi connectivity index (χ2n) is 3.10. The largest absolute Gasteiger partial charge is 0.307 e. The molecule has 0 aliphatic carbocycles. The topological polar surface area (TPSA) is 79.4 Å². The van der Waals surface area contributed by atoms with E-state index in [9.17, 15) is 0 Å². The Morgan fingerprint density at radius 2 is 2.21 bits per heavy atom. The lowest BCUT2D eigenvalue weighted by atomic mass is 10.3. The number of hydrogen-bond acceptors (Lipinski definition) is 5. The van der Waals surface area contributed by atoms with Crippen LogP contribution in [0.25, 0.3) is 11.6 Å². The SMILES string of the molecule is c1n[nH]c(-c2ncc3c(n2)CNC3)n1. The molecule has 0 spiro atoms. The Morgan fingerprint density at radius 1 is 1.21 bits per heavy atom. The summed E-state index contributed by atoms with van der Waals surface area (Å²) in [7, 11) is 0. The van der Waals surface area contributed by atoms with Gasteiger partial charge in [-0.3, -0.25) is 5.10 Å². The van der Waals surface area contributed by atoms with Crippen LogP contribution in [0.15, 0.2) is 12.5 Å². The minimum absolute atomic E-state index is 0.602. The third-order valence-corrected chi connectivity index (χ3v) is 2.19. The molecule has 0 unspecified atom stereocenters. The van der Waals surface area contributed by atoms with E-state index in [1.165, 1.54) is 6.33 Å². The van der Waals surface area contributed by atoms with Crippen LogP contribution in [-0.2, 0) is 13.1 Å². The lowest BCUT2D eigenvalue weighted by Gasteiger charge is -1.98. The fourth-order valence-corrected chi connectivity index (χ4v) is 1.49. The normalized spacial score (nSPS) is 14.3. The Hall–Kier alpha value is -1.82. The summed E-state index contributed by atoms with van der Waals surface area (Å²) in [6.45, 7) is 1.66. The summed E-state index contributed by atoms with van der Waals surface area (Å²) in [6, 6.07) is 0. The molecule has 0 bridgehead atoms. The van der Waals surface area contributed by atoms with Gasteiger partial charge in [0.15, 0.2) is 11.6 Å². The van der Waals surface area contributed by atoms with Crippen LogP contribution < -0.4 is 5.32 Å². The van der Waals surface area contributed by atoms with E-state index in [1.54, 1.807) is 0 Å². The maximum Gasteiger partial charge on any atom is 0.197 e. The third kappa shape index (κ3) is 1.08. The molecule has 2 aromatic heterocycles. The summed E-state index contributed by atoms with van der Waals surface area (Å²) in [5.41, 5.74) is 2.21. The monoisotopic (exact) mass is 188 g/mol. The quantitative estimate of drug-likeness (QED) is 0.651. The Morgan fingerprint density at radius 3 is 3.07 bits per heavy atom. The van der Waals surface area contributed by atoms with Gasteiger partial charge in [-0.25, -0.2) is 15.0 Å². The number of H-pyrrole nitrogens is 1. The van der Waals surface area contributed by atoms with Gasteiger partial charge in [-0.15, -0.1) is 0 Å². The highest BCUT2D eigenvalue weighted by Gasteiger charge is 2.14. The molecule has 1 aliphatic heterocycles. The fraction of sp³-hybridized carbons (Fsp3) is 0.250. The van der Waals surface area contributed by atoms with Gasteiger partial charge in [-0.2, -0.15) is 5.10 Å². The average Bonchev–Trinajstić information content (AvgIpc) is 2.88. The van der Waals surface area contributed by atoms with E-state index in [1.807, 2.05) is 6.20 Å². The number of aromatic nitrogens is 5. The van der Waals surface area contributed by atoms with Crippen LogP contribution >= 0.6 is 0 Å². The van der Waals surface area contributed by atoms with E-state index >= 15 is 0 Å². The molecule has 0 atom stereocenters. The van der Waals surface area contributed by atoms with Crippen molar-refractivity contribution < 1.29 is 0 Å². The smallest absolute Gasteiger partial charge is 0.197 e. The molecule has 0 radical (unpaired) electrons. The number of rotatable bonds is 1. The molecular weight excluding hydrogens is 180 g/mol. The van der Waals surface area contributed by atoms with Crippen LogP contribution in [-0.4, -0.2) is 25.1 Å². The van der Waals surface area contributed by atoms with Crippen molar-refractivity contribution in [3.63, 3.8) is 0 Å². The van der Waals surface area contributed by atoms with Crippen LogP contribution in [0.3, 0.4) is 0 Å². The number of nitrogens with one attached hydrogen (secondary N) is 2. The molecule has 3 heterocycles. The Kier molecular flexibility index (Phi) is 1.54. The molecule has 6 heteroatoms. The standard InChI is InChI=1S/C8H8N6/c1-5-2-10-7(8-11-4-12-14-8)13-6(5)3-9-1/h2,4,9H,1,3H2,(H,11,12,14). The molecule has 0 saturated heterocycles. The Labute approximate surface area is 79.8 Å². The lowest BCUT2D eigenvalue weighted by molar-refractivity contribution is 0.758. The minimum Gasteiger partial charge on any atom is -0.307 e. The van der Waals surface area contributed by atoms with Crippen molar-refractivity contribution in [1.29, 1.82) is 0 Å². The first-order valence-electron chi connectivity index (χ1n) is 4.35. The van der Waals surface area contributed by atoms with Crippen molar-refractivity contribution >= 4 is 0 Å². The van der Waals surface area contributed by atoms with E-state index in [2.05, 4.69) is 30.5 Å². The lowest BCUT2D eigenvalue weighted by Crippen LogP contribution is -2.00. The van der Waals surface area contributed by atoms with Crippen LogP contribution in [0, 0.1) is 0 Å². The molecule has 6 nitrogen and oxygen atoms in total. The van der Waals surface area contributed by atoms with Crippen molar-refractivity contribution in [2.45, 2.75) is 13.1 Å². The number of hydrogen-bond donors (Lipinski definition) is 2. The van der Waals surface area contributed by atoms with Gasteiger partial charge in [0.2, 0.25) is 0 Å². The van der Waals surface area contributed by atoms with Gasteiger partial charge in [0, 0.05) is 24.8 Å². The highest BCUT2D eigenvalue weighted by molar-refractivity contribution is 5.42. The maximum atomic E-state index is 4.39. The first kappa shape index (κ1) is 7.57. The van der Waals surface area contributed by atoms with Crippen molar-refractivity contribution in [3.05, 3.63) is 23.8 Å². The van der Waals surface area contributed by atoms with Crippen LogP contribution in [0.2, 0.25) is 0 Å². The first-order valence-corrected chi connectivity index (χ1v) is 4.35. The van der Waals surface area contributed by atoms with Crippen molar-refractivity contribution in [3.8, 4) is 11.6 Å². The zero-order valence-electron chi connectivity index (χ0n) is 7.36. The van der Waals surface area contributed by atoms with E-state index in [-0.39, 0.29) is 0 Å². The van der Waals surface area contributed by atoms with Crippen LogP contribution in [0.1, 0.15) is 11.3 Å². The van der Waals surface area contributed by atoms with Crippen molar-refractivity contribution in [2.75, 3.05) is 0 Å². The second-order valence-corrected chi connectivity index (χ2v) is 3.10. The zero-order valence-corrected chi connectivity index (χ0v) is 7.36. The molecular formula is C8H8N6. The summed E-state index contributed by atoms with van der Waals surface area (Å²) in [4.78, 5) is 12.6. The summed E-state index contributed by atoms with van der Waals surface area (Å²) >= 11 is 0. The van der Waals surface area contributed by atoms with Gasteiger partial charge in [0.05, 0.1) is 5.69 Å². The Bertz CT molecular complexity index is 449. The Balaban J connectivity index is 2.09. The van der Waals surface area contributed by atoms with Gasteiger partial charge in [-0.05, 0) is 0 Å². The van der Waals surface area contributed by atoms with Crippen molar-refractivity contribution in [2.24, 2.45) is 0 Å². The molecule has 0 amide bonds. The van der Waals surface area contributed by atoms with Crippen molar-refractivity contribution in [1.82, 2.24) is 30.5 Å². The number of nitrogens with zero attached hydrogens (tertiary/aromatic N) is 4. The fourth-order valence-electron chi connectivity index (χ4n) is 1.49. The van der Waals surface area contributed by atoms with Crippen LogP contribution in [0.5, 0.6) is 0 Å². The predicted octanol–water partition coefficient (Wildman–Crippen LogP) is -0.135. The second kappa shape index (κ2) is 2.85. The number of fused-ring (bicyclic) bond motifs is 1. The summed E-state index contributed by atoms with van der Waals surface area (Å²) < 4.78 is 0. The average molecular weight is 188 g/mol. The minimum atomic E-state index is 0.602. The first-order chi connectivity index (χ1) is 6.93. The summed E-state index contributed by atoms with van der Waals surface area (Å²) in [6.07, 6.45) is 3.28. The van der Waals surface area contributed by atoms with Gasteiger partial charge < -0.3 is 5.32 Å². The van der Waals surface area contributed by atoms with Gasteiger partial charge >= 0.3 is 0 Å². The zero-order chi connectivity index (χ0) is 9.38. The molecule has 0 fully saturated rings. The molecule has 14 heavy (non-hydrogen) atoms. The molecule has 2 N–H and O–H groups in total. The molecule has 1 aliphatic rings. The van der Waals surface area contributed by atoms with Gasteiger partial charge in [0.25, 0.3) is 0 Å². The summed E-state index contributed by atoms with van der Waals surface area (Å²) in [5.74, 6) is 1.21. The molecule has 2 aromatic rings. The molecule has 0 saturated carbocycles. The summed E-state index contributed by atoms with van der Waals surface area (Å²) in [5, 5.41) is 9.71. The van der Waals surface area contributed by atoms with E-state index in [4.69, 9.17) is 0 Å². The number of aromatic amines is 1. The molecule has 3 rings (SSSR count). The van der Waals surface area contributed by atoms with E-state index < -0.39 is 0 Å². The maximum absolute atomic E-state index is 4.39.